The van der Waals surface area contributed by atoms with E-state index in [2.05, 4.69) is 23.2 Å². The largest absolute Gasteiger partial charge is 0.484 e. The number of nitrogens with zero attached hydrogens (tertiary/aromatic N) is 1. The van der Waals surface area contributed by atoms with Crippen LogP contribution >= 0.6 is 11.6 Å². The summed E-state index contributed by atoms with van der Waals surface area (Å²) in [4.78, 5) is 14.9. The molecule has 2 aromatic carbocycles. The summed E-state index contributed by atoms with van der Waals surface area (Å²) in [6.45, 7) is 6.70. The predicted molar refractivity (Wildman–Crippen MR) is 119 cm³/mol. The summed E-state index contributed by atoms with van der Waals surface area (Å²) in [6, 6.07) is 13.9. The third kappa shape index (κ3) is 6.22. The van der Waals surface area contributed by atoms with Gasteiger partial charge in [0.15, 0.2) is 6.61 Å². The fraction of sp³-hybridized carbons (Fsp3) is 0.458. The minimum absolute atomic E-state index is 0.0116. The van der Waals surface area contributed by atoms with Crippen LogP contribution in [0.2, 0.25) is 5.02 Å². The number of benzene rings is 2. The lowest BCUT2D eigenvalue weighted by atomic mass is 10.0. The molecule has 0 aromatic heterocycles. The normalized spacial score (nSPS) is 16.1. The summed E-state index contributed by atoms with van der Waals surface area (Å²) in [6.07, 6.45) is 4.90. The molecular weight excluding hydrogens is 384 g/mol. The molecule has 0 radical (unpaired) electrons. The first-order chi connectivity index (χ1) is 14.0. The van der Waals surface area contributed by atoms with Crippen molar-refractivity contribution in [2.45, 2.75) is 45.6 Å². The fourth-order valence-corrected chi connectivity index (χ4v) is 4.06. The second-order valence-corrected chi connectivity index (χ2v) is 8.23. The molecule has 0 aliphatic carbocycles. The summed E-state index contributed by atoms with van der Waals surface area (Å²) in [5.41, 5.74) is 3.44. The molecule has 4 nitrogen and oxygen atoms in total. The van der Waals surface area contributed by atoms with Gasteiger partial charge in [0.05, 0.1) is 6.04 Å². The number of amides is 1. The summed E-state index contributed by atoms with van der Waals surface area (Å²) in [5, 5.41) is 3.81. The number of hydrogen-bond donors (Lipinski definition) is 1. The van der Waals surface area contributed by atoms with E-state index in [1.165, 1.54) is 31.2 Å². The zero-order chi connectivity index (χ0) is 20.6. The van der Waals surface area contributed by atoms with E-state index >= 15 is 0 Å². The highest BCUT2D eigenvalue weighted by atomic mass is 35.5. The van der Waals surface area contributed by atoms with E-state index in [4.69, 9.17) is 16.3 Å². The van der Waals surface area contributed by atoms with Crippen molar-refractivity contribution in [3.63, 3.8) is 0 Å². The van der Waals surface area contributed by atoms with Gasteiger partial charge in [-0.25, -0.2) is 0 Å². The van der Waals surface area contributed by atoms with Crippen LogP contribution in [0.3, 0.4) is 0 Å². The number of nitrogens with one attached hydrogen (secondary N) is 1. The highest BCUT2D eigenvalue weighted by Crippen LogP contribution is 2.29. The van der Waals surface area contributed by atoms with E-state index in [-0.39, 0.29) is 18.6 Å². The van der Waals surface area contributed by atoms with Crippen LogP contribution in [0, 0.1) is 13.8 Å². The van der Waals surface area contributed by atoms with E-state index in [9.17, 15) is 4.79 Å². The van der Waals surface area contributed by atoms with E-state index < -0.39 is 0 Å². The third-order valence-corrected chi connectivity index (χ3v) is 6.03. The second-order valence-electron chi connectivity index (χ2n) is 7.83. The van der Waals surface area contributed by atoms with Crippen LogP contribution in [0.5, 0.6) is 5.75 Å². The van der Waals surface area contributed by atoms with Gasteiger partial charge >= 0.3 is 0 Å². The zero-order valence-corrected chi connectivity index (χ0v) is 18.2. The van der Waals surface area contributed by atoms with Crippen LogP contribution in [0.1, 0.15) is 48.4 Å². The Bertz CT molecular complexity index is 816. The van der Waals surface area contributed by atoms with Gasteiger partial charge in [0.25, 0.3) is 5.91 Å². The highest BCUT2D eigenvalue weighted by molar-refractivity contribution is 6.31. The standard InChI is InChI=1S/C24H31ClN2O2/c1-18-11-12-20(15-19(18)2)29-17-24(28)26-16-23(21-9-5-6-10-22(21)25)27-13-7-3-4-8-14-27/h5-6,9-12,15,23H,3-4,7-8,13-14,16-17H2,1-2H3,(H,26,28)/t23-/m1/s1. The Kier molecular flexibility index (Phi) is 7.96. The Morgan fingerprint density at radius 3 is 2.48 bits per heavy atom. The number of ether oxygens (including phenoxy) is 1. The predicted octanol–water partition coefficient (Wildman–Crippen LogP) is 5.07. The SMILES string of the molecule is Cc1ccc(OCC(=O)NC[C@H](c2ccccc2Cl)N2CCCCCC2)cc1C. The molecule has 0 bridgehead atoms. The monoisotopic (exact) mass is 414 g/mol. The van der Waals surface area contributed by atoms with Crippen molar-refractivity contribution < 1.29 is 9.53 Å². The van der Waals surface area contributed by atoms with E-state index in [1.54, 1.807) is 0 Å². The van der Waals surface area contributed by atoms with Crippen LogP contribution in [0.15, 0.2) is 42.5 Å². The van der Waals surface area contributed by atoms with Crippen LogP contribution in [-0.4, -0.2) is 37.0 Å². The molecule has 1 atom stereocenters. The van der Waals surface area contributed by atoms with E-state index in [0.29, 0.717) is 6.54 Å². The Balaban J connectivity index is 1.62. The Hall–Kier alpha value is -2.04. The van der Waals surface area contributed by atoms with E-state index in [1.807, 2.05) is 43.3 Å². The molecule has 3 rings (SSSR count). The number of likely N-dealkylation sites (tertiary alicyclic amines) is 1. The van der Waals surface area contributed by atoms with Crippen molar-refractivity contribution in [2.24, 2.45) is 0 Å². The maximum absolute atomic E-state index is 12.5. The molecule has 1 heterocycles. The number of aryl methyl sites for hydroxylation is 2. The first-order valence-electron chi connectivity index (χ1n) is 10.5. The van der Waals surface area contributed by atoms with Gasteiger partial charge in [0.2, 0.25) is 0 Å². The Labute approximate surface area is 179 Å². The lowest BCUT2D eigenvalue weighted by Gasteiger charge is -2.31. The van der Waals surface area contributed by atoms with Gasteiger partial charge in [-0.15, -0.1) is 0 Å². The summed E-state index contributed by atoms with van der Waals surface area (Å²) in [7, 11) is 0. The smallest absolute Gasteiger partial charge is 0.258 e. The molecule has 1 amide bonds. The lowest BCUT2D eigenvalue weighted by Crippen LogP contribution is -2.40. The number of rotatable bonds is 7. The number of carbonyl (C=O) groups is 1. The molecule has 156 valence electrons. The minimum atomic E-state index is -0.116. The third-order valence-electron chi connectivity index (χ3n) is 5.69. The molecule has 1 aliphatic rings. The molecule has 0 saturated carbocycles. The van der Waals surface area contributed by atoms with Gasteiger partial charge in [-0.05, 0) is 74.7 Å². The first-order valence-corrected chi connectivity index (χ1v) is 10.9. The van der Waals surface area contributed by atoms with Gasteiger partial charge in [-0.3, -0.25) is 9.69 Å². The fourth-order valence-electron chi connectivity index (χ4n) is 3.80. The highest BCUT2D eigenvalue weighted by Gasteiger charge is 2.24. The Morgan fingerprint density at radius 1 is 1.07 bits per heavy atom. The molecule has 5 heteroatoms. The van der Waals surface area contributed by atoms with Gasteiger partial charge in [-0.1, -0.05) is 48.7 Å². The quantitative estimate of drug-likeness (QED) is 0.687. The van der Waals surface area contributed by atoms with Crippen molar-refractivity contribution >= 4 is 17.5 Å². The number of carbonyl (C=O) groups excluding carboxylic acids is 1. The molecule has 0 unspecified atom stereocenters. The van der Waals surface area contributed by atoms with Crippen molar-refractivity contribution in [3.05, 3.63) is 64.2 Å². The minimum Gasteiger partial charge on any atom is -0.484 e. The molecule has 1 aliphatic heterocycles. The van der Waals surface area contributed by atoms with Gasteiger partial charge in [0.1, 0.15) is 5.75 Å². The molecule has 1 fully saturated rings. The molecule has 0 spiro atoms. The average Bonchev–Trinajstić information content (AvgIpc) is 3.00. The van der Waals surface area contributed by atoms with Crippen molar-refractivity contribution in [1.29, 1.82) is 0 Å². The summed E-state index contributed by atoms with van der Waals surface area (Å²) < 4.78 is 5.68. The lowest BCUT2D eigenvalue weighted by molar-refractivity contribution is -0.123. The summed E-state index contributed by atoms with van der Waals surface area (Å²) in [5.74, 6) is 0.605. The second kappa shape index (κ2) is 10.7. The molecule has 2 aromatic rings. The maximum Gasteiger partial charge on any atom is 0.258 e. The maximum atomic E-state index is 12.5. The number of halogens is 1. The molecule has 1 N–H and O–H groups in total. The van der Waals surface area contributed by atoms with Crippen LogP contribution in [0.4, 0.5) is 0 Å². The van der Waals surface area contributed by atoms with Crippen molar-refractivity contribution in [2.75, 3.05) is 26.2 Å². The van der Waals surface area contributed by atoms with Crippen molar-refractivity contribution in [3.8, 4) is 5.75 Å². The first kappa shape index (κ1) is 21.7. The Morgan fingerprint density at radius 2 is 1.79 bits per heavy atom. The molecule has 29 heavy (non-hydrogen) atoms. The van der Waals surface area contributed by atoms with Crippen LogP contribution < -0.4 is 10.1 Å². The van der Waals surface area contributed by atoms with Gasteiger partial charge in [-0.2, -0.15) is 0 Å². The topological polar surface area (TPSA) is 41.6 Å². The molecular formula is C24H31ClN2O2. The molecule has 1 saturated heterocycles. The van der Waals surface area contributed by atoms with Crippen molar-refractivity contribution in [1.82, 2.24) is 10.2 Å². The van der Waals surface area contributed by atoms with Crippen LogP contribution in [-0.2, 0) is 4.79 Å². The number of hydrogen-bond acceptors (Lipinski definition) is 3. The van der Waals surface area contributed by atoms with E-state index in [0.717, 1.165) is 35.0 Å². The zero-order valence-electron chi connectivity index (χ0n) is 17.4. The summed E-state index contributed by atoms with van der Waals surface area (Å²) >= 11 is 6.50. The van der Waals surface area contributed by atoms with Crippen LogP contribution in [0.25, 0.3) is 0 Å². The average molecular weight is 415 g/mol. The van der Waals surface area contributed by atoms with Gasteiger partial charge < -0.3 is 10.1 Å². The van der Waals surface area contributed by atoms with Gasteiger partial charge in [0, 0.05) is 11.6 Å².